The van der Waals surface area contributed by atoms with Crippen LogP contribution >= 0.6 is 22.6 Å². The molecule has 0 amide bonds. The molecule has 0 aliphatic rings. The Morgan fingerprint density at radius 2 is 1.92 bits per heavy atom. The first-order valence-electron chi connectivity index (χ1n) is 3.71. The Labute approximate surface area is 84.7 Å². The van der Waals surface area contributed by atoms with E-state index in [0.29, 0.717) is 0 Å². The summed E-state index contributed by atoms with van der Waals surface area (Å²) in [5.74, 6) is 0. The molecule has 0 aliphatic carbocycles. The molecule has 12 heavy (non-hydrogen) atoms. The summed E-state index contributed by atoms with van der Waals surface area (Å²) in [6.07, 6.45) is 0. The lowest BCUT2D eigenvalue weighted by molar-refractivity contribution is 1.69. The van der Waals surface area contributed by atoms with Gasteiger partial charge < -0.3 is 5.73 Å². The molecule has 0 heterocycles. The van der Waals surface area contributed by atoms with Crippen molar-refractivity contribution in [3.8, 4) is 0 Å². The van der Waals surface area contributed by atoms with Gasteiger partial charge in [0.05, 0.1) is 0 Å². The maximum atomic E-state index is 5.67. The number of halogens is 1. The number of benzene rings is 2. The van der Waals surface area contributed by atoms with Crippen molar-refractivity contribution in [2.24, 2.45) is 0 Å². The highest BCUT2D eigenvalue weighted by Gasteiger charge is 1.96. The van der Waals surface area contributed by atoms with E-state index in [1.54, 1.807) is 0 Å². The van der Waals surface area contributed by atoms with Crippen LogP contribution < -0.4 is 5.73 Å². The Hall–Kier alpha value is -0.770. The van der Waals surface area contributed by atoms with E-state index in [9.17, 15) is 0 Å². The van der Waals surface area contributed by atoms with Gasteiger partial charge in [-0.05, 0) is 51.6 Å². The van der Waals surface area contributed by atoms with Crippen LogP contribution in [0, 0.1) is 3.57 Å². The van der Waals surface area contributed by atoms with E-state index in [4.69, 9.17) is 5.73 Å². The zero-order valence-electron chi connectivity index (χ0n) is 6.42. The Balaban J connectivity index is 2.86. The molecule has 0 aliphatic heterocycles. The molecule has 0 spiro atoms. The Kier molecular flexibility index (Phi) is 1.92. The summed E-state index contributed by atoms with van der Waals surface area (Å²) < 4.78 is 1.27. The zero-order valence-corrected chi connectivity index (χ0v) is 8.58. The maximum Gasteiger partial charge on any atom is 0.0320 e. The standard InChI is InChI=1S/C10H8IN/c11-10-3-1-2-7-6-8(12)4-5-9(7)10/h1-6H,12H2. The minimum absolute atomic E-state index is 0.824. The molecule has 0 bridgehead atoms. The molecule has 60 valence electrons. The number of hydrogen-bond acceptors (Lipinski definition) is 1. The van der Waals surface area contributed by atoms with Gasteiger partial charge in [0.25, 0.3) is 0 Å². The van der Waals surface area contributed by atoms with Crippen LogP contribution in [-0.2, 0) is 0 Å². The summed E-state index contributed by atoms with van der Waals surface area (Å²) >= 11 is 2.33. The molecule has 0 saturated heterocycles. The van der Waals surface area contributed by atoms with Crippen molar-refractivity contribution < 1.29 is 0 Å². The lowest BCUT2D eigenvalue weighted by Crippen LogP contribution is -1.84. The van der Waals surface area contributed by atoms with E-state index in [-0.39, 0.29) is 0 Å². The second-order valence-corrected chi connectivity index (χ2v) is 3.88. The summed E-state index contributed by atoms with van der Waals surface area (Å²) in [7, 11) is 0. The van der Waals surface area contributed by atoms with Gasteiger partial charge in [-0.2, -0.15) is 0 Å². The molecule has 2 N–H and O–H groups in total. The third kappa shape index (κ3) is 1.27. The minimum atomic E-state index is 0.824. The van der Waals surface area contributed by atoms with E-state index in [0.717, 1.165) is 5.69 Å². The van der Waals surface area contributed by atoms with Crippen LogP contribution in [0.25, 0.3) is 10.8 Å². The van der Waals surface area contributed by atoms with Gasteiger partial charge in [-0.25, -0.2) is 0 Å². The predicted octanol–water partition coefficient (Wildman–Crippen LogP) is 3.03. The minimum Gasteiger partial charge on any atom is -0.399 e. The summed E-state index contributed by atoms with van der Waals surface area (Å²) in [5, 5.41) is 2.48. The number of anilines is 1. The molecule has 0 unspecified atom stereocenters. The highest BCUT2D eigenvalue weighted by atomic mass is 127. The molecule has 0 radical (unpaired) electrons. The summed E-state index contributed by atoms with van der Waals surface area (Å²) in [4.78, 5) is 0. The largest absolute Gasteiger partial charge is 0.399 e. The first-order chi connectivity index (χ1) is 5.77. The van der Waals surface area contributed by atoms with E-state index >= 15 is 0 Å². The van der Waals surface area contributed by atoms with E-state index in [1.165, 1.54) is 14.3 Å². The summed E-state index contributed by atoms with van der Waals surface area (Å²) in [6, 6.07) is 12.2. The molecular weight excluding hydrogens is 261 g/mol. The lowest BCUT2D eigenvalue weighted by Gasteiger charge is -2.00. The van der Waals surface area contributed by atoms with Gasteiger partial charge in [-0.1, -0.05) is 18.2 Å². The van der Waals surface area contributed by atoms with Gasteiger partial charge in [0, 0.05) is 9.26 Å². The molecule has 2 heteroatoms. The average Bonchev–Trinajstić information content (AvgIpc) is 2.04. The Morgan fingerprint density at radius 1 is 1.08 bits per heavy atom. The predicted molar refractivity (Wildman–Crippen MR) is 61.1 cm³/mol. The molecule has 2 rings (SSSR count). The van der Waals surface area contributed by atoms with Crippen molar-refractivity contribution in [2.45, 2.75) is 0 Å². The van der Waals surface area contributed by atoms with Crippen LogP contribution in [0.4, 0.5) is 5.69 Å². The molecule has 1 nitrogen and oxygen atoms in total. The molecule has 0 atom stereocenters. The fourth-order valence-corrected chi connectivity index (χ4v) is 1.96. The topological polar surface area (TPSA) is 26.0 Å². The second kappa shape index (κ2) is 2.94. The van der Waals surface area contributed by atoms with Crippen LogP contribution in [0.5, 0.6) is 0 Å². The average molecular weight is 269 g/mol. The summed E-state index contributed by atoms with van der Waals surface area (Å²) in [5.41, 5.74) is 6.50. The fraction of sp³-hybridized carbons (Fsp3) is 0. The number of rotatable bonds is 0. The molecule has 2 aromatic rings. The van der Waals surface area contributed by atoms with Gasteiger partial charge in [0.2, 0.25) is 0 Å². The lowest BCUT2D eigenvalue weighted by atomic mass is 10.1. The van der Waals surface area contributed by atoms with Crippen LogP contribution in [-0.4, -0.2) is 0 Å². The maximum absolute atomic E-state index is 5.67. The van der Waals surface area contributed by atoms with Gasteiger partial charge >= 0.3 is 0 Å². The van der Waals surface area contributed by atoms with Crippen molar-refractivity contribution in [1.82, 2.24) is 0 Å². The number of nitrogen functional groups attached to an aromatic ring is 1. The first kappa shape index (κ1) is 7.86. The van der Waals surface area contributed by atoms with Crippen LogP contribution in [0.3, 0.4) is 0 Å². The fourth-order valence-electron chi connectivity index (χ4n) is 1.26. The first-order valence-corrected chi connectivity index (χ1v) is 4.79. The van der Waals surface area contributed by atoms with Crippen molar-refractivity contribution >= 4 is 39.1 Å². The van der Waals surface area contributed by atoms with Crippen molar-refractivity contribution in [1.29, 1.82) is 0 Å². The highest BCUT2D eigenvalue weighted by molar-refractivity contribution is 14.1. The van der Waals surface area contributed by atoms with Gasteiger partial charge in [0.15, 0.2) is 0 Å². The molecule has 0 fully saturated rings. The normalized spacial score (nSPS) is 10.4. The van der Waals surface area contributed by atoms with Crippen LogP contribution in [0.1, 0.15) is 0 Å². The monoisotopic (exact) mass is 269 g/mol. The smallest absolute Gasteiger partial charge is 0.0320 e. The van der Waals surface area contributed by atoms with E-state index < -0.39 is 0 Å². The third-order valence-corrected chi connectivity index (χ3v) is 2.79. The van der Waals surface area contributed by atoms with Crippen molar-refractivity contribution in [2.75, 3.05) is 5.73 Å². The van der Waals surface area contributed by atoms with Crippen molar-refractivity contribution in [3.63, 3.8) is 0 Å². The number of hydrogen-bond donors (Lipinski definition) is 1. The van der Waals surface area contributed by atoms with Crippen LogP contribution in [0.2, 0.25) is 0 Å². The second-order valence-electron chi connectivity index (χ2n) is 2.72. The molecule has 0 aromatic heterocycles. The summed E-state index contributed by atoms with van der Waals surface area (Å²) in [6.45, 7) is 0. The van der Waals surface area contributed by atoms with Gasteiger partial charge in [0.1, 0.15) is 0 Å². The molecule has 2 aromatic carbocycles. The zero-order chi connectivity index (χ0) is 8.55. The Morgan fingerprint density at radius 3 is 2.75 bits per heavy atom. The van der Waals surface area contributed by atoms with Gasteiger partial charge in [-0.15, -0.1) is 0 Å². The highest BCUT2D eigenvalue weighted by Crippen LogP contribution is 2.22. The SMILES string of the molecule is Nc1ccc2c(I)cccc2c1. The Bertz CT molecular complexity index is 423. The van der Waals surface area contributed by atoms with E-state index in [1.807, 2.05) is 18.2 Å². The molecule has 0 saturated carbocycles. The van der Waals surface area contributed by atoms with E-state index in [2.05, 4.69) is 40.8 Å². The van der Waals surface area contributed by atoms with Crippen molar-refractivity contribution in [3.05, 3.63) is 40.0 Å². The molecular formula is C10H8IN. The number of nitrogens with two attached hydrogens (primary N) is 1. The van der Waals surface area contributed by atoms with Crippen LogP contribution in [0.15, 0.2) is 36.4 Å². The third-order valence-electron chi connectivity index (χ3n) is 1.85. The number of fused-ring (bicyclic) bond motifs is 1. The quantitative estimate of drug-likeness (QED) is 0.577. The van der Waals surface area contributed by atoms with Gasteiger partial charge in [-0.3, -0.25) is 0 Å².